The highest BCUT2D eigenvalue weighted by Gasteiger charge is 2.91. The third-order valence-corrected chi connectivity index (χ3v) is 3.61. The van der Waals surface area contributed by atoms with E-state index in [-0.39, 0.29) is 6.42 Å². The number of carboxylic acids is 1. The van der Waals surface area contributed by atoms with E-state index >= 15 is 0 Å². The van der Waals surface area contributed by atoms with Crippen LogP contribution >= 0.6 is 0 Å². The lowest BCUT2D eigenvalue weighted by Gasteiger charge is -2.19. The molecule has 2 N–H and O–H groups in total. The van der Waals surface area contributed by atoms with E-state index in [4.69, 9.17) is 20.2 Å². The molecule has 0 aromatic carbocycles. The lowest BCUT2D eigenvalue weighted by atomic mass is 10.0. The van der Waals surface area contributed by atoms with Gasteiger partial charge in [-0.25, -0.2) is 4.79 Å². The Hall–Kier alpha value is -1.50. The Kier molecular flexibility index (Phi) is 1.92. The van der Waals surface area contributed by atoms with Crippen molar-refractivity contribution in [2.75, 3.05) is 0 Å². The Morgan fingerprint density at radius 2 is 2.31 bits per heavy atom. The second-order valence-corrected chi connectivity index (χ2v) is 4.51. The van der Waals surface area contributed by atoms with E-state index in [0.29, 0.717) is 0 Å². The molecule has 2 rings (SSSR count). The highest BCUT2D eigenvalue weighted by Crippen LogP contribution is 2.73. The van der Waals surface area contributed by atoms with Crippen LogP contribution < -0.4 is 0 Å². The van der Waals surface area contributed by atoms with Crippen molar-refractivity contribution in [3.63, 3.8) is 0 Å². The van der Waals surface area contributed by atoms with E-state index in [9.17, 15) is 9.90 Å². The lowest BCUT2D eigenvalue weighted by Crippen LogP contribution is -2.31. The van der Waals surface area contributed by atoms with Crippen LogP contribution in [0.4, 0.5) is 0 Å². The zero-order valence-electron chi connectivity index (χ0n) is 8.75. The Bertz CT molecular complexity index is 404. The number of fused-ring (bicyclic) bond motifs is 1. The zero-order chi connectivity index (χ0) is 12.2. The normalized spacial score (nSPS) is 43.1. The minimum atomic E-state index is -1.55. The lowest BCUT2D eigenvalue weighted by molar-refractivity contribution is -0.211. The van der Waals surface area contributed by atoms with Crippen LogP contribution in [0.2, 0.25) is 0 Å². The molecule has 1 heterocycles. The average Bonchev–Trinajstić information content (AvgIpc) is 2.47. The molecule has 1 aliphatic carbocycles. The Morgan fingerprint density at radius 1 is 1.69 bits per heavy atom. The maximum absolute atomic E-state index is 10.7. The Balaban J connectivity index is 2.28. The summed E-state index contributed by atoms with van der Waals surface area (Å²) in [7, 11) is 0. The summed E-state index contributed by atoms with van der Waals surface area (Å²) in [5.74, 6) is -2.73. The molecule has 1 aliphatic heterocycles. The van der Waals surface area contributed by atoms with Gasteiger partial charge in [0.05, 0.1) is 5.41 Å². The number of azide groups is 1. The van der Waals surface area contributed by atoms with E-state index in [1.165, 1.54) is 0 Å². The summed E-state index contributed by atoms with van der Waals surface area (Å²) in [6.45, 7) is 3.30. The number of ether oxygens (including phenoxy) is 1. The molecule has 3 atom stereocenters. The highest BCUT2D eigenvalue weighted by atomic mass is 16.8. The first-order valence-corrected chi connectivity index (χ1v) is 4.68. The standard InChI is InChI=1S/C8H11N3O5/c1-6(2)7(14)3-4(5(12)13)15-8(6,7)16-11-10-9/h4,14H,3H2,1-2H3,(H,12,13)/t4-,7-,8?/m0/s1. The van der Waals surface area contributed by atoms with E-state index < -0.39 is 28.9 Å². The summed E-state index contributed by atoms with van der Waals surface area (Å²) in [4.78, 5) is 17.9. The summed E-state index contributed by atoms with van der Waals surface area (Å²) in [5, 5.41) is 21.9. The average molecular weight is 229 g/mol. The molecule has 16 heavy (non-hydrogen) atoms. The molecule has 8 heteroatoms. The first-order chi connectivity index (χ1) is 7.32. The van der Waals surface area contributed by atoms with Crippen molar-refractivity contribution in [3.8, 4) is 0 Å². The molecule has 8 nitrogen and oxygen atoms in total. The van der Waals surface area contributed by atoms with Crippen molar-refractivity contribution in [2.24, 2.45) is 10.7 Å². The summed E-state index contributed by atoms with van der Waals surface area (Å²) < 4.78 is 5.17. The third kappa shape index (κ3) is 0.915. The predicted molar refractivity (Wildman–Crippen MR) is 48.8 cm³/mol. The van der Waals surface area contributed by atoms with Gasteiger partial charge in [0.25, 0.3) is 5.79 Å². The molecule has 0 spiro atoms. The van der Waals surface area contributed by atoms with Gasteiger partial charge in [-0.1, -0.05) is 13.8 Å². The zero-order valence-corrected chi connectivity index (χ0v) is 8.75. The first kappa shape index (κ1) is 11.0. The highest BCUT2D eigenvalue weighted by molar-refractivity contribution is 5.74. The van der Waals surface area contributed by atoms with Crippen LogP contribution in [0.1, 0.15) is 20.3 Å². The van der Waals surface area contributed by atoms with Crippen molar-refractivity contribution in [3.05, 3.63) is 10.4 Å². The second-order valence-electron chi connectivity index (χ2n) is 4.51. The van der Waals surface area contributed by atoms with Gasteiger partial charge in [-0.15, -0.1) is 0 Å². The summed E-state index contributed by atoms with van der Waals surface area (Å²) >= 11 is 0. The van der Waals surface area contributed by atoms with Gasteiger partial charge >= 0.3 is 5.97 Å². The Labute approximate surface area is 90.3 Å². The van der Waals surface area contributed by atoms with E-state index in [1.807, 2.05) is 0 Å². The summed E-state index contributed by atoms with van der Waals surface area (Å²) in [6.07, 6.45) is -1.23. The van der Waals surface area contributed by atoms with Gasteiger partial charge in [-0.2, -0.15) is 0 Å². The van der Waals surface area contributed by atoms with Gasteiger partial charge in [-0.3, -0.25) is 0 Å². The number of carboxylic acid groups (broad SMARTS) is 1. The fourth-order valence-corrected chi connectivity index (χ4v) is 2.43. The molecule has 0 amide bonds. The van der Waals surface area contributed by atoms with Gasteiger partial charge in [0.1, 0.15) is 10.9 Å². The molecular formula is C8H11N3O5. The van der Waals surface area contributed by atoms with Gasteiger partial charge in [0.15, 0.2) is 6.10 Å². The maximum Gasteiger partial charge on any atom is 0.333 e. The first-order valence-electron chi connectivity index (χ1n) is 4.68. The molecule has 2 fully saturated rings. The second kappa shape index (κ2) is 2.79. The fraction of sp³-hybridized carbons (Fsp3) is 0.875. The summed E-state index contributed by atoms with van der Waals surface area (Å²) in [5.41, 5.74) is 5.93. The number of nitrogens with zero attached hydrogens (tertiary/aromatic N) is 3. The molecule has 1 saturated heterocycles. The number of hydrogen-bond acceptors (Lipinski definition) is 5. The van der Waals surface area contributed by atoms with Gasteiger partial charge < -0.3 is 19.8 Å². The quantitative estimate of drug-likeness (QED) is 0.316. The van der Waals surface area contributed by atoms with Crippen molar-refractivity contribution in [1.29, 1.82) is 0 Å². The fourth-order valence-electron chi connectivity index (χ4n) is 2.43. The largest absolute Gasteiger partial charge is 0.479 e. The van der Waals surface area contributed by atoms with Crippen LogP contribution in [0.3, 0.4) is 0 Å². The number of aliphatic hydroxyl groups is 1. The number of hydrogen-bond donors (Lipinski definition) is 2. The van der Waals surface area contributed by atoms with Crippen molar-refractivity contribution in [1.82, 2.24) is 0 Å². The molecule has 0 aromatic rings. The monoisotopic (exact) mass is 229 g/mol. The van der Waals surface area contributed by atoms with Crippen molar-refractivity contribution < 1.29 is 24.6 Å². The smallest absolute Gasteiger partial charge is 0.333 e. The molecule has 88 valence electrons. The number of rotatable bonds is 3. The SMILES string of the molecule is CC1(C)C2(ON=[N+]=[N-])O[C@H](C(=O)O)C[C@]12O. The van der Waals surface area contributed by atoms with Crippen molar-refractivity contribution >= 4 is 5.97 Å². The van der Waals surface area contributed by atoms with Crippen LogP contribution in [0, 0.1) is 5.41 Å². The maximum atomic E-state index is 10.7. The molecule has 0 aromatic heterocycles. The molecule has 0 bridgehead atoms. The Morgan fingerprint density at radius 3 is 2.81 bits per heavy atom. The van der Waals surface area contributed by atoms with Crippen LogP contribution in [0.5, 0.6) is 0 Å². The van der Waals surface area contributed by atoms with E-state index in [2.05, 4.69) is 10.2 Å². The number of carbonyl (C=O) groups is 1. The van der Waals surface area contributed by atoms with Gasteiger partial charge in [0.2, 0.25) is 0 Å². The topological polar surface area (TPSA) is 125 Å². The molecule has 1 saturated carbocycles. The summed E-state index contributed by atoms with van der Waals surface area (Å²) in [6, 6.07) is 0. The van der Waals surface area contributed by atoms with Gasteiger partial charge in [0, 0.05) is 11.3 Å². The van der Waals surface area contributed by atoms with Crippen molar-refractivity contribution in [2.45, 2.75) is 37.8 Å². The van der Waals surface area contributed by atoms with Crippen LogP contribution in [-0.4, -0.2) is 33.7 Å². The van der Waals surface area contributed by atoms with Crippen LogP contribution in [0.25, 0.3) is 10.4 Å². The van der Waals surface area contributed by atoms with Crippen LogP contribution in [-0.2, 0) is 14.4 Å². The molecule has 1 unspecified atom stereocenters. The minimum absolute atomic E-state index is 0.0870. The van der Waals surface area contributed by atoms with Gasteiger partial charge in [-0.05, 0) is 5.53 Å². The molecular weight excluding hydrogens is 218 g/mol. The third-order valence-electron chi connectivity index (χ3n) is 3.61. The number of aliphatic carboxylic acids is 1. The predicted octanol–water partition coefficient (Wildman–Crippen LogP) is 0.569. The molecule has 0 radical (unpaired) electrons. The van der Waals surface area contributed by atoms with Crippen LogP contribution in [0.15, 0.2) is 5.28 Å². The molecule has 2 aliphatic rings. The van der Waals surface area contributed by atoms with E-state index in [0.717, 1.165) is 0 Å². The van der Waals surface area contributed by atoms with E-state index in [1.54, 1.807) is 13.8 Å². The minimum Gasteiger partial charge on any atom is -0.479 e.